The van der Waals surface area contributed by atoms with Gasteiger partial charge in [-0.25, -0.2) is 4.98 Å². The number of thiazole rings is 1. The molecule has 6 rings (SSSR count). The molecule has 4 bridgehead atoms. The van der Waals surface area contributed by atoms with E-state index in [1.165, 1.54) is 37.6 Å². The van der Waals surface area contributed by atoms with Crippen molar-refractivity contribution in [1.29, 1.82) is 5.26 Å². The van der Waals surface area contributed by atoms with Gasteiger partial charge in [0.1, 0.15) is 21.5 Å². The Morgan fingerprint density at radius 2 is 1.93 bits per heavy atom. The van der Waals surface area contributed by atoms with Crippen LogP contribution in [-0.2, 0) is 12.5 Å². The molecule has 0 amide bonds. The van der Waals surface area contributed by atoms with Crippen LogP contribution in [0.25, 0.3) is 0 Å². The molecule has 8 nitrogen and oxygen atoms in total. The van der Waals surface area contributed by atoms with Gasteiger partial charge in [-0.1, -0.05) is 11.6 Å². The van der Waals surface area contributed by atoms with Crippen LogP contribution in [0.1, 0.15) is 60.7 Å². The fraction of sp³-hybridized carbons (Fsp3) is 0.600. The molecule has 0 aromatic carbocycles. The van der Waals surface area contributed by atoms with Crippen LogP contribution in [0.4, 0.5) is 5.82 Å². The van der Waals surface area contributed by atoms with E-state index in [9.17, 15) is 20.2 Å². The van der Waals surface area contributed by atoms with E-state index in [4.69, 9.17) is 16.6 Å². The van der Waals surface area contributed by atoms with Gasteiger partial charge in [-0.2, -0.15) is 5.26 Å². The number of hydrogen-bond donors (Lipinski definition) is 0. The van der Waals surface area contributed by atoms with E-state index in [0.29, 0.717) is 5.01 Å². The molecule has 4 aliphatic carbocycles. The average Bonchev–Trinajstić information content (AvgIpc) is 3.18. The molecule has 30 heavy (non-hydrogen) atoms. The second-order valence-corrected chi connectivity index (χ2v) is 10.3. The fourth-order valence-electron chi connectivity index (χ4n) is 6.32. The van der Waals surface area contributed by atoms with Crippen LogP contribution in [-0.4, -0.2) is 19.7 Å². The number of aryl methyl sites for hydroxylation is 1. The van der Waals surface area contributed by atoms with Crippen LogP contribution in [0.5, 0.6) is 0 Å². The molecule has 4 aliphatic rings. The number of rotatable bonds is 4. The molecule has 0 aliphatic heterocycles. The van der Waals surface area contributed by atoms with E-state index in [-0.39, 0.29) is 16.0 Å². The van der Waals surface area contributed by atoms with Crippen LogP contribution in [0.15, 0.2) is 10.2 Å². The Labute approximate surface area is 181 Å². The summed E-state index contributed by atoms with van der Waals surface area (Å²) in [6, 6.07) is 2.08. The fourth-order valence-corrected chi connectivity index (χ4v) is 7.63. The van der Waals surface area contributed by atoms with Crippen molar-refractivity contribution in [1.82, 2.24) is 14.8 Å². The lowest BCUT2D eigenvalue weighted by Gasteiger charge is -2.56. The molecule has 0 radical (unpaired) electrons. The Bertz CT molecular complexity index is 1120. The van der Waals surface area contributed by atoms with Gasteiger partial charge in [0.2, 0.25) is 0 Å². The molecule has 10 heteroatoms. The quantitative estimate of drug-likeness (QED) is 0.520. The van der Waals surface area contributed by atoms with Crippen molar-refractivity contribution in [3.05, 3.63) is 47.1 Å². The number of hydrogen-bond acceptors (Lipinski definition) is 7. The molecule has 0 spiro atoms. The molecule has 2 aromatic heterocycles. The largest absolute Gasteiger partial charge is 0.395 e. The van der Waals surface area contributed by atoms with Crippen molar-refractivity contribution < 1.29 is 4.92 Å². The first kappa shape index (κ1) is 19.6. The van der Waals surface area contributed by atoms with Gasteiger partial charge in [-0.3, -0.25) is 4.79 Å². The molecule has 156 valence electrons. The predicted molar refractivity (Wildman–Crippen MR) is 111 cm³/mol. The Hall–Kier alpha value is -2.31. The number of nitriles is 1. The molecule has 2 aromatic rings. The summed E-state index contributed by atoms with van der Waals surface area (Å²) in [6.45, 7) is 0. The summed E-state index contributed by atoms with van der Waals surface area (Å²) in [4.78, 5) is 27.9. The van der Waals surface area contributed by atoms with E-state index in [2.05, 4.69) is 11.2 Å². The molecule has 4 fully saturated rings. The average molecular weight is 446 g/mol. The molecule has 0 saturated heterocycles. The molecule has 2 heterocycles. The van der Waals surface area contributed by atoms with Gasteiger partial charge >= 0.3 is 11.4 Å². The van der Waals surface area contributed by atoms with Crippen molar-refractivity contribution in [3.63, 3.8) is 0 Å². The highest BCUT2D eigenvalue weighted by Crippen LogP contribution is 2.60. The smallest absolute Gasteiger partial charge is 0.358 e. The van der Waals surface area contributed by atoms with E-state index in [1.807, 2.05) is 5.38 Å². The third-order valence-corrected chi connectivity index (χ3v) is 8.42. The van der Waals surface area contributed by atoms with Crippen LogP contribution in [0.2, 0.25) is 5.02 Å². The summed E-state index contributed by atoms with van der Waals surface area (Å²) in [5.41, 5.74) is 0.219. The molecule has 0 N–H and O–H groups in total. The first-order valence-corrected chi connectivity index (χ1v) is 11.3. The third-order valence-electron chi connectivity index (χ3n) is 7.14. The van der Waals surface area contributed by atoms with E-state index in [1.54, 1.807) is 0 Å². The maximum absolute atomic E-state index is 12.3. The zero-order valence-electron chi connectivity index (χ0n) is 16.4. The third kappa shape index (κ3) is 2.88. The second kappa shape index (κ2) is 6.86. The first-order chi connectivity index (χ1) is 14.3. The zero-order valence-corrected chi connectivity index (χ0v) is 17.9. The standard InChI is InChI=1S/C20H20ClN5O3S/c1-25-19(27)16(21)15(17(24-25)26(28)29)13(8-22)18-23-14(9-30-18)20-5-10-2-11(6-20)4-12(3-10)7-20/h9-13H,2-7H2,1H3. The van der Waals surface area contributed by atoms with Gasteiger partial charge < -0.3 is 10.1 Å². The maximum atomic E-state index is 12.3. The van der Waals surface area contributed by atoms with E-state index in [0.717, 1.165) is 47.4 Å². The van der Waals surface area contributed by atoms with Gasteiger partial charge in [0.15, 0.2) is 0 Å². The monoisotopic (exact) mass is 445 g/mol. The molecule has 4 saturated carbocycles. The van der Waals surface area contributed by atoms with Crippen molar-refractivity contribution in [2.45, 2.75) is 49.9 Å². The SMILES string of the molecule is Cn1nc([N+](=O)[O-])c(C(C#N)c2nc(C34CC5CC(CC(C5)C3)C4)cs2)c(Cl)c1=O. The predicted octanol–water partition coefficient (Wildman–Crippen LogP) is 3.92. The highest BCUT2D eigenvalue weighted by molar-refractivity contribution is 7.09. The first-order valence-electron chi connectivity index (χ1n) is 10.1. The number of nitro groups is 1. The minimum Gasteiger partial charge on any atom is -0.358 e. The number of nitrogens with zero attached hydrogens (tertiary/aromatic N) is 5. The van der Waals surface area contributed by atoms with Crippen molar-refractivity contribution in [3.8, 4) is 6.07 Å². The van der Waals surface area contributed by atoms with Crippen LogP contribution in [0.3, 0.4) is 0 Å². The second-order valence-electron chi connectivity index (χ2n) is 9.07. The van der Waals surface area contributed by atoms with Gasteiger partial charge in [-0.05, 0) is 61.2 Å². The minimum atomic E-state index is -1.10. The molecule has 1 unspecified atom stereocenters. The Kier molecular flexibility index (Phi) is 4.49. The number of aromatic nitrogens is 3. The normalized spacial score (nSPS) is 30.2. The Morgan fingerprint density at radius 3 is 2.47 bits per heavy atom. The summed E-state index contributed by atoms with van der Waals surface area (Å²) in [6.07, 6.45) is 7.35. The van der Waals surface area contributed by atoms with Crippen LogP contribution < -0.4 is 5.56 Å². The summed E-state index contributed by atoms with van der Waals surface area (Å²) in [5.74, 6) is 0.576. The zero-order chi connectivity index (χ0) is 21.2. The van der Waals surface area contributed by atoms with Gasteiger partial charge in [0, 0.05) is 10.8 Å². The lowest BCUT2D eigenvalue weighted by Crippen LogP contribution is -2.48. The molecular weight excluding hydrogens is 426 g/mol. The minimum absolute atomic E-state index is 0.0598. The highest BCUT2D eigenvalue weighted by atomic mass is 35.5. The number of halogens is 1. The van der Waals surface area contributed by atoms with E-state index >= 15 is 0 Å². The summed E-state index contributed by atoms with van der Waals surface area (Å²) >= 11 is 7.50. The summed E-state index contributed by atoms with van der Waals surface area (Å²) in [5, 5.41) is 27.3. The van der Waals surface area contributed by atoms with Gasteiger partial charge in [0.05, 0.1) is 23.9 Å². The molecule has 1 atom stereocenters. The highest BCUT2D eigenvalue weighted by Gasteiger charge is 2.52. The lowest BCUT2D eigenvalue weighted by atomic mass is 9.49. The van der Waals surface area contributed by atoms with Crippen LogP contribution in [0, 0.1) is 39.2 Å². The topological polar surface area (TPSA) is 115 Å². The van der Waals surface area contributed by atoms with Gasteiger partial charge in [0.25, 0.3) is 0 Å². The van der Waals surface area contributed by atoms with Crippen molar-refractivity contribution >= 4 is 28.8 Å². The Balaban J connectivity index is 1.57. The summed E-state index contributed by atoms with van der Waals surface area (Å²) < 4.78 is 0.821. The van der Waals surface area contributed by atoms with E-state index < -0.39 is 22.2 Å². The maximum Gasteiger partial charge on any atom is 0.395 e. The van der Waals surface area contributed by atoms with Crippen molar-refractivity contribution in [2.75, 3.05) is 0 Å². The lowest BCUT2D eigenvalue weighted by molar-refractivity contribution is -0.391. The van der Waals surface area contributed by atoms with Crippen molar-refractivity contribution in [2.24, 2.45) is 24.8 Å². The van der Waals surface area contributed by atoms with Gasteiger partial charge in [-0.15, -0.1) is 16.0 Å². The Morgan fingerprint density at radius 1 is 1.33 bits per heavy atom. The summed E-state index contributed by atoms with van der Waals surface area (Å²) in [7, 11) is 1.29. The molecular formula is C20H20ClN5O3S. The van der Waals surface area contributed by atoms with Crippen LogP contribution >= 0.6 is 22.9 Å².